The molecule has 0 aliphatic carbocycles. The molecule has 0 N–H and O–H groups in total. The van der Waals surface area contributed by atoms with E-state index in [0.717, 1.165) is 5.56 Å². The summed E-state index contributed by atoms with van der Waals surface area (Å²) in [5.74, 6) is -0.358. The number of rotatable bonds is 2. The third-order valence-electron chi connectivity index (χ3n) is 1.47. The largest absolute Gasteiger partial charge is 0.465 e. The Balaban J connectivity index is 2.98. The van der Waals surface area contributed by atoms with Crippen LogP contribution in [-0.2, 0) is 4.74 Å². The number of hydrogen-bond donors (Lipinski definition) is 0. The van der Waals surface area contributed by atoms with E-state index < -0.39 is 0 Å². The highest BCUT2D eigenvalue weighted by Crippen LogP contribution is 2.08. The predicted molar refractivity (Wildman–Crippen MR) is 59.7 cm³/mol. The van der Waals surface area contributed by atoms with Crippen LogP contribution in [-0.4, -0.2) is 13.1 Å². The third-order valence-corrected chi connectivity index (χ3v) is 1.83. The molecule has 0 spiro atoms. The normalized spacial score (nSPS) is 10.3. The zero-order chi connectivity index (χ0) is 9.68. The molecule has 0 aliphatic rings. The number of carbonyl (C=O) groups excluding carboxylic acids is 1. The highest BCUT2D eigenvalue weighted by molar-refractivity contribution is 14.1. The van der Waals surface area contributed by atoms with E-state index in [1.54, 1.807) is 12.1 Å². The van der Waals surface area contributed by atoms with Crippen molar-refractivity contribution in [3.05, 3.63) is 39.5 Å². The SMILES string of the molecule is COC(=O)c1[c]c(/C=C\I)ccc1. The average Bonchev–Trinajstić information content (AvgIpc) is 2.18. The third kappa shape index (κ3) is 2.84. The molecule has 3 heteroatoms. The summed E-state index contributed by atoms with van der Waals surface area (Å²) in [5, 5.41) is 0. The summed E-state index contributed by atoms with van der Waals surface area (Å²) in [6, 6.07) is 8.28. The van der Waals surface area contributed by atoms with Gasteiger partial charge in [-0.05, 0) is 21.8 Å². The van der Waals surface area contributed by atoms with Crippen molar-refractivity contribution in [1.82, 2.24) is 0 Å². The van der Waals surface area contributed by atoms with Crippen LogP contribution in [0, 0.1) is 6.07 Å². The van der Waals surface area contributed by atoms with E-state index >= 15 is 0 Å². The molecule has 0 fully saturated rings. The van der Waals surface area contributed by atoms with Crippen molar-refractivity contribution in [2.24, 2.45) is 0 Å². The molecule has 67 valence electrons. The topological polar surface area (TPSA) is 26.3 Å². The molecule has 0 atom stereocenters. The lowest BCUT2D eigenvalue weighted by molar-refractivity contribution is 0.0600. The number of methoxy groups -OCH3 is 1. The molecular weight excluding hydrogens is 279 g/mol. The van der Waals surface area contributed by atoms with Crippen molar-refractivity contribution in [3.8, 4) is 0 Å². The first kappa shape index (κ1) is 10.2. The van der Waals surface area contributed by atoms with Crippen LogP contribution in [0.15, 0.2) is 22.3 Å². The van der Waals surface area contributed by atoms with Gasteiger partial charge in [0.2, 0.25) is 0 Å². The van der Waals surface area contributed by atoms with Crippen LogP contribution in [0.4, 0.5) is 0 Å². The van der Waals surface area contributed by atoms with Gasteiger partial charge in [0, 0.05) is 6.07 Å². The summed E-state index contributed by atoms with van der Waals surface area (Å²) in [6.07, 6.45) is 1.87. The van der Waals surface area contributed by atoms with E-state index in [9.17, 15) is 4.79 Å². The molecule has 1 aromatic rings. The van der Waals surface area contributed by atoms with E-state index in [-0.39, 0.29) is 5.97 Å². The van der Waals surface area contributed by atoms with Crippen LogP contribution in [0.2, 0.25) is 0 Å². The Morgan fingerprint density at radius 3 is 3.00 bits per heavy atom. The molecule has 0 aromatic heterocycles. The second-order valence-electron chi connectivity index (χ2n) is 2.30. The van der Waals surface area contributed by atoms with Crippen molar-refractivity contribution in [1.29, 1.82) is 0 Å². The van der Waals surface area contributed by atoms with Gasteiger partial charge >= 0.3 is 5.97 Å². The van der Waals surface area contributed by atoms with Gasteiger partial charge in [-0.1, -0.05) is 34.7 Å². The fourth-order valence-corrected chi connectivity index (χ4v) is 1.27. The summed E-state index contributed by atoms with van der Waals surface area (Å²) >= 11 is 2.11. The Morgan fingerprint density at radius 1 is 1.62 bits per heavy atom. The molecule has 0 saturated heterocycles. The smallest absolute Gasteiger partial charge is 0.338 e. The summed E-state index contributed by atoms with van der Waals surface area (Å²) in [6.45, 7) is 0. The van der Waals surface area contributed by atoms with E-state index in [1.807, 2.05) is 16.2 Å². The minimum absolute atomic E-state index is 0.358. The van der Waals surface area contributed by atoms with Gasteiger partial charge in [-0.2, -0.15) is 0 Å². The van der Waals surface area contributed by atoms with Crippen LogP contribution in [0.1, 0.15) is 15.9 Å². The summed E-state index contributed by atoms with van der Waals surface area (Å²) in [4.78, 5) is 11.1. The summed E-state index contributed by atoms with van der Waals surface area (Å²) < 4.78 is 6.44. The van der Waals surface area contributed by atoms with E-state index in [1.165, 1.54) is 7.11 Å². The van der Waals surface area contributed by atoms with Gasteiger partial charge in [-0.25, -0.2) is 4.79 Å². The molecule has 0 saturated carbocycles. The standard InChI is InChI=1S/C10H8IO2/c1-13-10(12)9-4-2-3-8(7-9)5-6-11/h2-6H,1H3/b6-5-. The number of benzene rings is 1. The zero-order valence-electron chi connectivity index (χ0n) is 7.08. The lowest BCUT2D eigenvalue weighted by Crippen LogP contribution is -2.00. The monoisotopic (exact) mass is 287 g/mol. The van der Waals surface area contributed by atoms with Crippen molar-refractivity contribution in [2.75, 3.05) is 7.11 Å². The molecule has 1 aromatic carbocycles. The molecule has 0 amide bonds. The maximum Gasteiger partial charge on any atom is 0.338 e. The maximum absolute atomic E-state index is 11.1. The highest BCUT2D eigenvalue weighted by Gasteiger charge is 2.04. The predicted octanol–water partition coefficient (Wildman–Crippen LogP) is 2.68. The van der Waals surface area contributed by atoms with Gasteiger partial charge in [0.05, 0.1) is 12.7 Å². The Bertz CT molecular complexity index is 331. The Hall–Kier alpha value is -0.840. The molecule has 2 nitrogen and oxygen atoms in total. The molecule has 1 radical (unpaired) electrons. The van der Waals surface area contributed by atoms with E-state index in [2.05, 4.69) is 33.4 Å². The number of ether oxygens (including phenoxy) is 1. The number of hydrogen-bond acceptors (Lipinski definition) is 2. The number of esters is 1. The minimum atomic E-state index is -0.358. The van der Waals surface area contributed by atoms with Crippen LogP contribution in [0.3, 0.4) is 0 Å². The lowest BCUT2D eigenvalue weighted by atomic mass is 10.1. The van der Waals surface area contributed by atoms with Crippen molar-refractivity contribution < 1.29 is 9.53 Å². The van der Waals surface area contributed by atoms with Crippen molar-refractivity contribution in [3.63, 3.8) is 0 Å². The second-order valence-corrected chi connectivity index (χ2v) is 3.02. The first-order valence-corrected chi connectivity index (χ1v) is 4.90. The van der Waals surface area contributed by atoms with Gasteiger partial charge < -0.3 is 4.74 Å². The van der Waals surface area contributed by atoms with Gasteiger partial charge in [0.25, 0.3) is 0 Å². The highest BCUT2D eigenvalue weighted by atomic mass is 127. The fourth-order valence-electron chi connectivity index (χ4n) is 0.881. The van der Waals surface area contributed by atoms with Crippen LogP contribution in [0.25, 0.3) is 6.08 Å². The Kier molecular flexibility index (Phi) is 3.95. The number of halogens is 1. The maximum atomic E-state index is 11.1. The molecule has 0 heterocycles. The van der Waals surface area contributed by atoms with Gasteiger partial charge in [0.1, 0.15) is 0 Å². The Morgan fingerprint density at radius 2 is 2.38 bits per heavy atom. The molecule has 13 heavy (non-hydrogen) atoms. The average molecular weight is 287 g/mol. The van der Waals surface area contributed by atoms with Crippen LogP contribution >= 0.6 is 22.6 Å². The van der Waals surface area contributed by atoms with Crippen molar-refractivity contribution >= 4 is 34.6 Å². The van der Waals surface area contributed by atoms with Gasteiger partial charge in [-0.3, -0.25) is 0 Å². The lowest BCUT2D eigenvalue weighted by Gasteiger charge is -1.98. The van der Waals surface area contributed by atoms with Crippen LogP contribution in [0.5, 0.6) is 0 Å². The molecule has 0 bridgehead atoms. The van der Waals surface area contributed by atoms with Gasteiger partial charge in [-0.15, -0.1) is 0 Å². The Labute approximate surface area is 90.7 Å². The molecule has 0 aliphatic heterocycles. The number of carbonyl (C=O) groups is 1. The minimum Gasteiger partial charge on any atom is -0.465 e. The van der Waals surface area contributed by atoms with Crippen LogP contribution < -0.4 is 0 Å². The van der Waals surface area contributed by atoms with Crippen molar-refractivity contribution in [2.45, 2.75) is 0 Å². The quantitative estimate of drug-likeness (QED) is 0.617. The first-order valence-electron chi connectivity index (χ1n) is 3.65. The van der Waals surface area contributed by atoms with E-state index in [0.29, 0.717) is 5.56 Å². The second kappa shape index (κ2) is 5.01. The van der Waals surface area contributed by atoms with Gasteiger partial charge in [0.15, 0.2) is 0 Å². The summed E-state index contributed by atoms with van der Waals surface area (Å²) in [7, 11) is 1.36. The summed E-state index contributed by atoms with van der Waals surface area (Å²) in [5.41, 5.74) is 1.33. The fraction of sp³-hybridized carbons (Fsp3) is 0.100. The molecule has 0 unspecified atom stereocenters. The molecule has 1 rings (SSSR count). The zero-order valence-corrected chi connectivity index (χ0v) is 9.24. The first-order chi connectivity index (χ1) is 6.27. The van der Waals surface area contributed by atoms with E-state index in [4.69, 9.17) is 0 Å². The molecular formula is C10H8IO2.